The molecule has 0 aromatic rings. The molecular weight excluding hydrogens is 308 g/mol. The van der Waals surface area contributed by atoms with E-state index in [4.69, 9.17) is 4.74 Å². The van der Waals surface area contributed by atoms with Crippen LogP contribution in [0.4, 0.5) is 0 Å². The standard InChI is InChI=1S/C23H32O2/c1-3-11-25-22-20-13-19(20)21-18-7-5-14-12-15(24)6-8-16(14)17(18)9-10-23(21,22)4-2/h3,12,16-22H,1,4-11,13H2,2H3. The van der Waals surface area contributed by atoms with Gasteiger partial charge in [-0.3, -0.25) is 4.79 Å². The molecule has 0 aliphatic heterocycles. The van der Waals surface area contributed by atoms with Crippen LogP contribution < -0.4 is 0 Å². The zero-order valence-electron chi connectivity index (χ0n) is 15.6. The first-order chi connectivity index (χ1) is 12.2. The van der Waals surface area contributed by atoms with Gasteiger partial charge in [-0.05, 0) is 91.9 Å². The Balaban J connectivity index is 1.45. The Morgan fingerprint density at radius 1 is 1.20 bits per heavy atom. The molecule has 8 unspecified atom stereocenters. The van der Waals surface area contributed by atoms with Crippen LogP contribution in [0.3, 0.4) is 0 Å². The Bertz CT molecular complexity index is 620. The molecule has 0 spiro atoms. The van der Waals surface area contributed by atoms with Crippen molar-refractivity contribution in [3.05, 3.63) is 24.3 Å². The van der Waals surface area contributed by atoms with Gasteiger partial charge >= 0.3 is 0 Å². The van der Waals surface area contributed by atoms with Gasteiger partial charge in [0.05, 0.1) is 12.7 Å². The Labute approximate surface area is 152 Å². The molecule has 8 atom stereocenters. The average molecular weight is 341 g/mol. The van der Waals surface area contributed by atoms with E-state index in [1.165, 1.54) is 44.1 Å². The van der Waals surface area contributed by atoms with Crippen molar-refractivity contribution in [3.63, 3.8) is 0 Å². The van der Waals surface area contributed by atoms with E-state index in [9.17, 15) is 4.79 Å². The number of hydrogen-bond acceptors (Lipinski definition) is 2. The van der Waals surface area contributed by atoms with Gasteiger partial charge in [0.25, 0.3) is 0 Å². The Kier molecular flexibility index (Phi) is 3.78. The molecule has 0 aromatic carbocycles. The molecule has 0 heterocycles. The molecule has 0 aromatic heterocycles. The molecule has 25 heavy (non-hydrogen) atoms. The highest BCUT2D eigenvalue weighted by Gasteiger charge is 2.70. The van der Waals surface area contributed by atoms with E-state index in [1.54, 1.807) is 0 Å². The fourth-order valence-corrected chi connectivity index (χ4v) is 7.92. The predicted octanol–water partition coefficient (Wildman–Crippen LogP) is 4.95. The van der Waals surface area contributed by atoms with E-state index in [0.717, 1.165) is 48.3 Å². The van der Waals surface area contributed by atoms with Crippen LogP contribution in [0.15, 0.2) is 24.3 Å². The minimum atomic E-state index is 0.379. The van der Waals surface area contributed by atoms with Gasteiger partial charge in [0, 0.05) is 6.42 Å². The van der Waals surface area contributed by atoms with Crippen molar-refractivity contribution < 1.29 is 9.53 Å². The van der Waals surface area contributed by atoms with Crippen LogP contribution in [0.2, 0.25) is 0 Å². The van der Waals surface area contributed by atoms with Crippen LogP contribution in [0.1, 0.15) is 58.3 Å². The smallest absolute Gasteiger partial charge is 0.155 e. The molecular formula is C23H32O2. The number of hydrogen-bond donors (Lipinski definition) is 0. The number of allylic oxidation sites excluding steroid dienone is 1. The van der Waals surface area contributed by atoms with E-state index >= 15 is 0 Å². The lowest BCUT2D eigenvalue weighted by atomic mass is 9.50. The highest BCUT2D eigenvalue weighted by Crippen LogP contribution is 2.73. The van der Waals surface area contributed by atoms with E-state index in [1.807, 2.05) is 12.2 Å². The van der Waals surface area contributed by atoms with Gasteiger partial charge in [-0.2, -0.15) is 0 Å². The van der Waals surface area contributed by atoms with Gasteiger partial charge in [0.1, 0.15) is 0 Å². The summed E-state index contributed by atoms with van der Waals surface area (Å²) in [6, 6.07) is 0. The molecule has 5 aliphatic rings. The zero-order valence-corrected chi connectivity index (χ0v) is 15.6. The van der Waals surface area contributed by atoms with Gasteiger partial charge < -0.3 is 4.74 Å². The topological polar surface area (TPSA) is 26.3 Å². The molecule has 136 valence electrons. The zero-order chi connectivity index (χ0) is 17.2. The highest BCUT2D eigenvalue weighted by molar-refractivity contribution is 5.91. The lowest BCUT2D eigenvalue weighted by molar-refractivity contribution is -0.118. The number of ether oxygens (including phenoxy) is 1. The largest absolute Gasteiger partial charge is 0.373 e. The van der Waals surface area contributed by atoms with Crippen LogP contribution in [-0.4, -0.2) is 18.5 Å². The van der Waals surface area contributed by atoms with Crippen LogP contribution in [0.25, 0.3) is 0 Å². The maximum absolute atomic E-state index is 11.9. The van der Waals surface area contributed by atoms with Crippen molar-refractivity contribution in [1.29, 1.82) is 0 Å². The van der Waals surface area contributed by atoms with E-state index in [0.29, 0.717) is 23.9 Å². The fraction of sp³-hybridized carbons (Fsp3) is 0.783. The Morgan fingerprint density at radius 3 is 2.88 bits per heavy atom. The van der Waals surface area contributed by atoms with Crippen LogP contribution >= 0.6 is 0 Å². The van der Waals surface area contributed by atoms with E-state index in [2.05, 4.69) is 13.5 Å². The minimum Gasteiger partial charge on any atom is -0.373 e. The molecule has 2 nitrogen and oxygen atoms in total. The summed E-state index contributed by atoms with van der Waals surface area (Å²) in [5.74, 6) is 5.47. The van der Waals surface area contributed by atoms with Gasteiger partial charge in [0.15, 0.2) is 5.78 Å². The molecule has 0 saturated heterocycles. The second-order valence-electron chi connectivity index (χ2n) is 9.45. The van der Waals surface area contributed by atoms with Crippen molar-refractivity contribution >= 4 is 5.78 Å². The third-order valence-corrected chi connectivity index (χ3v) is 8.79. The van der Waals surface area contributed by atoms with Crippen molar-refractivity contribution in [2.45, 2.75) is 64.4 Å². The summed E-state index contributed by atoms with van der Waals surface area (Å²) in [6.45, 7) is 7.00. The van der Waals surface area contributed by atoms with E-state index < -0.39 is 0 Å². The summed E-state index contributed by atoms with van der Waals surface area (Å²) in [5, 5.41) is 0. The SMILES string of the molecule is C=CCOC1C2CC2C2C3CCC4=CC(=O)CCC4C3CCC12CC. The second kappa shape index (κ2) is 5.81. The summed E-state index contributed by atoms with van der Waals surface area (Å²) in [5.41, 5.74) is 1.94. The quantitative estimate of drug-likeness (QED) is 0.677. The number of ketones is 1. The summed E-state index contributed by atoms with van der Waals surface area (Å²) < 4.78 is 6.40. The molecule has 0 bridgehead atoms. The monoisotopic (exact) mass is 340 g/mol. The van der Waals surface area contributed by atoms with Gasteiger partial charge in [-0.1, -0.05) is 18.6 Å². The average Bonchev–Trinajstić information content (AvgIpc) is 3.35. The lowest BCUT2D eigenvalue weighted by Crippen LogP contribution is -2.51. The molecule has 0 radical (unpaired) electrons. The molecule has 2 heteroatoms. The normalized spacial score (nSPS) is 50.2. The third-order valence-electron chi connectivity index (χ3n) is 8.79. The molecule has 4 saturated carbocycles. The van der Waals surface area contributed by atoms with E-state index in [-0.39, 0.29) is 0 Å². The minimum absolute atomic E-state index is 0.379. The van der Waals surface area contributed by atoms with Gasteiger partial charge in [0.2, 0.25) is 0 Å². The summed E-state index contributed by atoms with van der Waals surface area (Å²) in [4.78, 5) is 11.9. The number of carbonyl (C=O) groups is 1. The maximum atomic E-state index is 11.9. The Hall–Kier alpha value is -0.890. The number of carbonyl (C=O) groups excluding carboxylic acids is 1. The molecule has 0 amide bonds. The molecule has 4 fully saturated rings. The highest BCUT2D eigenvalue weighted by atomic mass is 16.5. The number of rotatable bonds is 4. The molecule has 0 N–H and O–H groups in total. The number of fused-ring (bicyclic) bond motifs is 7. The van der Waals surface area contributed by atoms with Crippen molar-refractivity contribution in [1.82, 2.24) is 0 Å². The first-order valence-corrected chi connectivity index (χ1v) is 10.7. The second-order valence-corrected chi connectivity index (χ2v) is 9.45. The Morgan fingerprint density at radius 2 is 2.08 bits per heavy atom. The van der Waals surface area contributed by atoms with Gasteiger partial charge in [-0.25, -0.2) is 0 Å². The lowest BCUT2D eigenvalue weighted by Gasteiger charge is -2.56. The van der Waals surface area contributed by atoms with Gasteiger partial charge in [-0.15, -0.1) is 6.58 Å². The van der Waals surface area contributed by atoms with Crippen LogP contribution in [0, 0.1) is 40.9 Å². The predicted molar refractivity (Wildman–Crippen MR) is 99.0 cm³/mol. The van der Waals surface area contributed by atoms with Crippen molar-refractivity contribution in [2.75, 3.05) is 6.61 Å². The molecule has 5 rings (SSSR count). The van der Waals surface area contributed by atoms with Crippen molar-refractivity contribution in [2.24, 2.45) is 40.9 Å². The van der Waals surface area contributed by atoms with Crippen LogP contribution in [0.5, 0.6) is 0 Å². The summed E-state index contributed by atoms with van der Waals surface area (Å²) in [6.07, 6.45) is 14.3. The molecule has 5 aliphatic carbocycles. The first kappa shape index (κ1) is 16.3. The third kappa shape index (κ3) is 2.22. The summed E-state index contributed by atoms with van der Waals surface area (Å²) in [7, 11) is 0. The first-order valence-electron chi connectivity index (χ1n) is 10.7. The van der Waals surface area contributed by atoms with Crippen LogP contribution in [-0.2, 0) is 9.53 Å². The maximum Gasteiger partial charge on any atom is 0.155 e. The summed E-state index contributed by atoms with van der Waals surface area (Å²) >= 11 is 0. The fourth-order valence-electron chi connectivity index (χ4n) is 7.92. The van der Waals surface area contributed by atoms with Crippen molar-refractivity contribution in [3.8, 4) is 0 Å².